The Labute approximate surface area is 72.8 Å². The Hall–Kier alpha value is -1.03. The van der Waals surface area contributed by atoms with E-state index in [1.54, 1.807) is 0 Å². The molecule has 0 aliphatic rings. The van der Waals surface area contributed by atoms with Crippen LogP contribution in [0.5, 0.6) is 0 Å². The molecule has 68 valence electrons. The minimum absolute atomic E-state index is 0.373. The summed E-state index contributed by atoms with van der Waals surface area (Å²) in [4.78, 5) is 0. The fourth-order valence-electron chi connectivity index (χ4n) is 1.01. The van der Waals surface area contributed by atoms with Gasteiger partial charge < -0.3 is 11.1 Å². The van der Waals surface area contributed by atoms with Crippen LogP contribution in [0.3, 0.4) is 0 Å². The van der Waals surface area contributed by atoms with E-state index in [-0.39, 0.29) is 0 Å². The molecule has 0 amide bonds. The van der Waals surface area contributed by atoms with E-state index in [2.05, 4.69) is 24.3 Å². The maximum Gasteiger partial charge on any atom is 0.0991 e. The largest absolute Gasteiger partial charge is 0.396 e. The smallest absolute Gasteiger partial charge is 0.0991 e. The summed E-state index contributed by atoms with van der Waals surface area (Å²) in [5, 5.41) is 7.35. The van der Waals surface area contributed by atoms with Gasteiger partial charge in [-0.15, -0.1) is 0 Å². The lowest BCUT2D eigenvalue weighted by Crippen LogP contribution is -2.08. The molecule has 0 atom stereocenters. The second kappa shape index (κ2) is 3.58. The van der Waals surface area contributed by atoms with Crippen molar-refractivity contribution < 1.29 is 0 Å². The van der Waals surface area contributed by atoms with E-state index >= 15 is 0 Å². The van der Waals surface area contributed by atoms with Gasteiger partial charge in [-0.3, -0.25) is 4.68 Å². The summed E-state index contributed by atoms with van der Waals surface area (Å²) in [7, 11) is 1.88. The zero-order chi connectivity index (χ0) is 9.14. The Morgan fingerprint density at radius 2 is 2.33 bits per heavy atom. The standard InChI is InChI=1S/C8H16N4/c1-6(2)12-5-7(9)8(11-12)4-10-3/h5-6,10H,4,9H2,1-3H3. The third-order valence-electron chi connectivity index (χ3n) is 1.71. The van der Waals surface area contributed by atoms with Crippen LogP contribution in [0.1, 0.15) is 25.6 Å². The number of nitrogens with two attached hydrogens (primary N) is 1. The minimum Gasteiger partial charge on any atom is -0.396 e. The van der Waals surface area contributed by atoms with E-state index in [1.807, 2.05) is 17.9 Å². The van der Waals surface area contributed by atoms with Gasteiger partial charge in [-0.1, -0.05) is 0 Å². The summed E-state index contributed by atoms with van der Waals surface area (Å²) in [5.41, 5.74) is 7.43. The van der Waals surface area contributed by atoms with E-state index < -0.39 is 0 Å². The molecular weight excluding hydrogens is 152 g/mol. The van der Waals surface area contributed by atoms with E-state index in [0.717, 1.165) is 17.9 Å². The van der Waals surface area contributed by atoms with Crippen LogP contribution in [0.4, 0.5) is 5.69 Å². The summed E-state index contributed by atoms with van der Waals surface area (Å²) < 4.78 is 1.88. The highest BCUT2D eigenvalue weighted by Gasteiger charge is 2.05. The number of nitrogen functional groups attached to an aromatic ring is 1. The monoisotopic (exact) mass is 168 g/mol. The number of hydrogen-bond acceptors (Lipinski definition) is 3. The van der Waals surface area contributed by atoms with E-state index in [1.165, 1.54) is 0 Å². The van der Waals surface area contributed by atoms with Gasteiger partial charge in [0.1, 0.15) is 0 Å². The van der Waals surface area contributed by atoms with Gasteiger partial charge in [0, 0.05) is 18.8 Å². The third kappa shape index (κ3) is 1.76. The number of anilines is 1. The molecule has 0 aliphatic carbocycles. The third-order valence-corrected chi connectivity index (χ3v) is 1.71. The van der Waals surface area contributed by atoms with Gasteiger partial charge in [0.05, 0.1) is 11.4 Å². The van der Waals surface area contributed by atoms with Crippen molar-refractivity contribution in [2.24, 2.45) is 0 Å². The molecule has 3 N–H and O–H groups in total. The van der Waals surface area contributed by atoms with Crippen molar-refractivity contribution in [1.82, 2.24) is 15.1 Å². The van der Waals surface area contributed by atoms with E-state index in [9.17, 15) is 0 Å². The number of nitrogens with one attached hydrogen (secondary N) is 1. The first-order valence-electron chi connectivity index (χ1n) is 4.13. The molecule has 4 nitrogen and oxygen atoms in total. The van der Waals surface area contributed by atoms with Crippen molar-refractivity contribution in [2.75, 3.05) is 12.8 Å². The zero-order valence-corrected chi connectivity index (χ0v) is 7.83. The lowest BCUT2D eigenvalue weighted by molar-refractivity contribution is 0.524. The number of aromatic nitrogens is 2. The first-order chi connectivity index (χ1) is 5.65. The maximum absolute atomic E-state index is 5.74. The van der Waals surface area contributed by atoms with E-state index in [0.29, 0.717) is 6.04 Å². The summed E-state index contributed by atoms with van der Waals surface area (Å²) in [6, 6.07) is 0.373. The van der Waals surface area contributed by atoms with Crippen molar-refractivity contribution in [3.63, 3.8) is 0 Å². The van der Waals surface area contributed by atoms with Crippen molar-refractivity contribution in [3.05, 3.63) is 11.9 Å². The SMILES string of the molecule is CNCc1nn(C(C)C)cc1N. The first-order valence-corrected chi connectivity index (χ1v) is 4.13. The van der Waals surface area contributed by atoms with Gasteiger partial charge in [0.25, 0.3) is 0 Å². The van der Waals surface area contributed by atoms with Gasteiger partial charge in [0.2, 0.25) is 0 Å². The Bertz CT molecular complexity index is 252. The normalized spacial score (nSPS) is 11.0. The van der Waals surface area contributed by atoms with Crippen molar-refractivity contribution in [3.8, 4) is 0 Å². The molecule has 0 saturated heterocycles. The van der Waals surface area contributed by atoms with Crippen molar-refractivity contribution in [2.45, 2.75) is 26.4 Å². The molecule has 0 saturated carbocycles. The molecule has 1 aromatic heterocycles. The van der Waals surface area contributed by atoms with Gasteiger partial charge in [-0.05, 0) is 20.9 Å². The summed E-state index contributed by atoms with van der Waals surface area (Å²) in [6.45, 7) is 4.89. The molecule has 0 unspecified atom stereocenters. The van der Waals surface area contributed by atoms with E-state index in [4.69, 9.17) is 5.73 Å². The highest BCUT2D eigenvalue weighted by Crippen LogP contribution is 2.12. The molecule has 4 heteroatoms. The average Bonchev–Trinajstić information content (AvgIpc) is 2.34. The highest BCUT2D eigenvalue weighted by molar-refractivity contribution is 5.40. The summed E-state index contributed by atoms with van der Waals surface area (Å²) >= 11 is 0. The molecule has 12 heavy (non-hydrogen) atoms. The van der Waals surface area contributed by atoms with Crippen LogP contribution in [0.15, 0.2) is 6.20 Å². The van der Waals surface area contributed by atoms with Crippen LogP contribution in [-0.2, 0) is 6.54 Å². The fourth-order valence-corrected chi connectivity index (χ4v) is 1.01. The Morgan fingerprint density at radius 3 is 2.75 bits per heavy atom. The zero-order valence-electron chi connectivity index (χ0n) is 7.83. The quantitative estimate of drug-likeness (QED) is 0.700. The molecule has 1 heterocycles. The van der Waals surface area contributed by atoms with Gasteiger partial charge in [0.15, 0.2) is 0 Å². The highest BCUT2D eigenvalue weighted by atomic mass is 15.3. The number of nitrogens with zero attached hydrogens (tertiary/aromatic N) is 2. The van der Waals surface area contributed by atoms with Crippen LogP contribution >= 0.6 is 0 Å². The predicted molar refractivity (Wildman–Crippen MR) is 49.8 cm³/mol. The van der Waals surface area contributed by atoms with Crippen LogP contribution in [0, 0.1) is 0 Å². The number of rotatable bonds is 3. The lowest BCUT2D eigenvalue weighted by atomic mass is 10.4. The molecular formula is C8H16N4. The van der Waals surface area contributed by atoms with Crippen LogP contribution in [0.2, 0.25) is 0 Å². The van der Waals surface area contributed by atoms with Gasteiger partial charge in [-0.2, -0.15) is 5.10 Å². The molecule has 0 bridgehead atoms. The second-order valence-corrected chi connectivity index (χ2v) is 3.14. The predicted octanol–water partition coefficient (Wildman–Crippen LogP) is 0.766. The lowest BCUT2D eigenvalue weighted by Gasteiger charge is -2.02. The molecule has 0 radical (unpaired) electrons. The molecule has 0 spiro atoms. The van der Waals surface area contributed by atoms with Crippen molar-refractivity contribution >= 4 is 5.69 Å². The topological polar surface area (TPSA) is 55.9 Å². The van der Waals surface area contributed by atoms with Gasteiger partial charge >= 0.3 is 0 Å². The summed E-state index contributed by atoms with van der Waals surface area (Å²) in [6.07, 6.45) is 1.87. The molecule has 1 rings (SSSR count). The molecule has 0 aromatic carbocycles. The summed E-state index contributed by atoms with van der Waals surface area (Å²) in [5.74, 6) is 0. The van der Waals surface area contributed by atoms with Gasteiger partial charge in [-0.25, -0.2) is 0 Å². The Morgan fingerprint density at radius 1 is 1.67 bits per heavy atom. The molecule has 0 fully saturated rings. The first kappa shape index (κ1) is 9.06. The Kier molecular flexibility index (Phi) is 2.70. The van der Waals surface area contributed by atoms with Crippen molar-refractivity contribution in [1.29, 1.82) is 0 Å². The minimum atomic E-state index is 0.373. The average molecular weight is 168 g/mol. The van der Waals surface area contributed by atoms with Crippen LogP contribution < -0.4 is 11.1 Å². The van der Waals surface area contributed by atoms with Crippen LogP contribution in [-0.4, -0.2) is 16.8 Å². The van der Waals surface area contributed by atoms with Crippen LogP contribution in [0.25, 0.3) is 0 Å². The fraction of sp³-hybridized carbons (Fsp3) is 0.625. The Balaban J connectivity index is 2.85. The number of hydrogen-bond donors (Lipinski definition) is 2. The second-order valence-electron chi connectivity index (χ2n) is 3.14. The molecule has 1 aromatic rings. The molecule has 0 aliphatic heterocycles. The maximum atomic E-state index is 5.74.